The van der Waals surface area contributed by atoms with Crippen LogP contribution in [0.1, 0.15) is 48.2 Å². The number of aldehydes is 1. The molecule has 1 aromatic heterocycles. The molecule has 0 saturated carbocycles. The highest BCUT2D eigenvalue weighted by atomic mass is 16.1. The largest absolute Gasteiger partial charge is 0.361 e. The zero-order chi connectivity index (χ0) is 14.8. The molecule has 3 nitrogen and oxygen atoms in total. The van der Waals surface area contributed by atoms with Crippen molar-refractivity contribution in [3.8, 4) is 0 Å². The van der Waals surface area contributed by atoms with Gasteiger partial charge in [-0.1, -0.05) is 13.8 Å². The number of hydrogen-bond donors (Lipinski definition) is 1. The summed E-state index contributed by atoms with van der Waals surface area (Å²) in [7, 11) is 0. The number of aromatic nitrogens is 1. The Hall–Kier alpha value is -1.61. The molecule has 1 aromatic carbocycles. The van der Waals surface area contributed by atoms with Gasteiger partial charge >= 0.3 is 0 Å². The average molecular weight is 284 g/mol. The van der Waals surface area contributed by atoms with Gasteiger partial charge in [-0.25, -0.2) is 0 Å². The van der Waals surface area contributed by atoms with E-state index < -0.39 is 0 Å². The van der Waals surface area contributed by atoms with E-state index in [1.165, 1.54) is 34.9 Å². The van der Waals surface area contributed by atoms with Crippen LogP contribution < -0.4 is 0 Å². The van der Waals surface area contributed by atoms with E-state index in [9.17, 15) is 4.79 Å². The molecule has 1 heterocycles. The molecule has 0 radical (unpaired) electrons. The molecule has 0 bridgehead atoms. The quantitative estimate of drug-likeness (QED) is 0.823. The molecule has 0 aliphatic heterocycles. The van der Waals surface area contributed by atoms with Crippen LogP contribution in [0.2, 0.25) is 0 Å². The first-order chi connectivity index (χ1) is 10.3. The van der Waals surface area contributed by atoms with Gasteiger partial charge in [-0.15, -0.1) is 0 Å². The zero-order valence-electron chi connectivity index (χ0n) is 13.0. The van der Waals surface area contributed by atoms with Crippen molar-refractivity contribution in [1.29, 1.82) is 0 Å². The number of carbonyl (C=O) groups is 1. The van der Waals surface area contributed by atoms with E-state index in [1.807, 2.05) is 12.1 Å². The molecule has 1 unspecified atom stereocenters. The highest BCUT2D eigenvalue weighted by Crippen LogP contribution is 2.33. The Kier molecular flexibility index (Phi) is 4.11. The summed E-state index contributed by atoms with van der Waals surface area (Å²) in [6.45, 7) is 6.77. The van der Waals surface area contributed by atoms with E-state index in [2.05, 4.69) is 29.9 Å². The van der Waals surface area contributed by atoms with Crippen molar-refractivity contribution in [1.82, 2.24) is 9.88 Å². The third-order valence-corrected chi connectivity index (χ3v) is 4.63. The Morgan fingerprint density at radius 1 is 1.24 bits per heavy atom. The average Bonchev–Trinajstić information content (AvgIpc) is 2.92. The summed E-state index contributed by atoms with van der Waals surface area (Å²) in [4.78, 5) is 17.4. The molecular formula is C18H24N2O. The van der Waals surface area contributed by atoms with Gasteiger partial charge in [-0.2, -0.15) is 0 Å². The van der Waals surface area contributed by atoms with E-state index in [1.54, 1.807) is 0 Å². The first-order valence-electron chi connectivity index (χ1n) is 8.09. The van der Waals surface area contributed by atoms with E-state index >= 15 is 0 Å². The Morgan fingerprint density at radius 3 is 2.67 bits per heavy atom. The highest BCUT2D eigenvalue weighted by Gasteiger charge is 2.27. The van der Waals surface area contributed by atoms with Crippen LogP contribution in [0.4, 0.5) is 0 Å². The van der Waals surface area contributed by atoms with Gasteiger partial charge in [0.25, 0.3) is 0 Å². The summed E-state index contributed by atoms with van der Waals surface area (Å²) in [5, 5.41) is 1.30. The number of carbonyl (C=O) groups excluding carboxylic acids is 1. The highest BCUT2D eigenvalue weighted by molar-refractivity contribution is 5.94. The van der Waals surface area contributed by atoms with Crippen LogP contribution in [0.3, 0.4) is 0 Å². The van der Waals surface area contributed by atoms with Crippen LogP contribution in [0, 0.1) is 0 Å². The van der Waals surface area contributed by atoms with E-state index in [-0.39, 0.29) is 0 Å². The maximum absolute atomic E-state index is 11.4. The lowest BCUT2D eigenvalue weighted by Crippen LogP contribution is -2.41. The van der Waals surface area contributed by atoms with Crippen LogP contribution in [-0.2, 0) is 12.8 Å². The smallest absolute Gasteiger partial charge is 0.150 e. The number of aromatic amines is 1. The van der Waals surface area contributed by atoms with Gasteiger partial charge in [-0.05, 0) is 62.0 Å². The van der Waals surface area contributed by atoms with Gasteiger partial charge in [0.2, 0.25) is 0 Å². The Balaban J connectivity index is 1.99. The van der Waals surface area contributed by atoms with Crippen LogP contribution in [0.25, 0.3) is 10.9 Å². The van der Waals surface area contributed by atoms with Gasteiger partial charge in [0, 0.05) is 28.7 Å². The van der Waals surface area contributed by atoms with Crippen molar-refractivity contribution in [2.24, 2.45) is 0 Å². The fraction of sp³-hybridized carbons (Fsp3) is 0.500. The summed E-state index contributed by atoms with van der Waals surface area (Å²) in [6.07, 6.45) is 7.59. The predicted octanol–water partition coefficient (Wildman–Crippen LogP) is 3.57. The Labute approximate surface area is 126 Å². The molecule has 0 amide bonds. The third kappa shape index (κ3) is 2.51. The van der Waals surface area contributed by atoms with Crippen LogP contribution in [0.5, 0.6) is 0 Å². The molecule has 0 saturated heterocycles. The molecule has 1 N–H and O–H groups in total. The lowest BCUT2D eigenvalue weighted by molar-refractivity contribution is 0.112. The maximum Gasteiger partial charge on any atom is 0.150 e. The van der Waals surface area contributed by atoms with Gasteiger partial charge < -0.3 is 4.98 Å². The lowest BCUT2D eigenvalue weighted by Gasteiger charge is -2.34. The third-order valence-electron chi connectivity index (χ3n) is 4.63. The van der Waals surface area contributed by atoms with Crippen molar-refractivity contribution >= 4 is 17.2 Å². The Bertz CT molecular complexity index is 638. The van der Waals surface area contributed by atoms with Gasteiger partial charge in [-0.3, -0.25) is 9.69 Å². The van der Waals surface area contributed by atoms with Crippen LogP contribution >= 0.6 is 0 Å². The van der Waals surface area contributed by atoms with Gasteiger partial charge in [0.1, 0.15) is 6.29 Å². The lowest BCUT2D eigenvalue weighted by atomic mass is 9.86. The minimum Gasteiger partial charge on any atom is -0.361 e. The molecule has 2 aromatic rings. The minimum absolute atomic E-state index is 0.525. The fourth-order valence-corrected chi connectivity index (χ4v) is 3.75. The molecular weight excluding hydrogens is 260 g/mol. The molecule has 0 fully saturated rings. The monoisotopic (exact) mass is 284 g/mol. The van der Waals surface area contributed by atoms with Gasteiger partial charge in [0.05, 0.1) is 0 Å². The number of H-pyrrole nitrogens is 1. The fourth-order valence-electron chi connectivity index (χ4n) is 3.75. The molecule has 1 atom stereocenters. The number of nitrogens with zero attached hydrogens (tertiary/aromatic N) is 1. The van der Waals surface area contributed by atoms with Crippen molar-refractivity contribution in [3.05, 3.63) is 35.0 Å². The summed E-state index contributed by atoms with van der Waals surface area (Å²) < 4.78 is 0. The van der Waals surface area contributed by atoms with Crippen LogP contribution in [0.15, 0.2) is 18.3 Å². The first-order valence-corrected chi connectivity index (χ1v) is 8.09. The number of rotatable bonds is 6. The van der Waals surface area contributed by atoms with E-state index in [4.69, 9.17) is 0 Å². The molecule has 3 heteroatoms. The normalized spacial score (nSPS) is 17.6. The number of benzene rings is 1. The number of hydrogen-bond acceptors (Lipinski definition) is 2. The van der Waals surface area contributed by atoms with Crippen molar-refractivity contribution < 1.29 is 4.79 Å². The summed E-state index contributed by atoms with van der Waals surface area (Å²) in [5.41, 5.74) is 4.65. The standard InChI is InChI=1S/C18H24N2O/c1-3-7-20(8-4-2)15-9-14-11-19-17-6-5-13(12-21)16(10-15)18(14)17/h5-6,11-12,15,19H,3-4,7-10H2,1-2H3. The molecule has 0 spiro atoms. The topological polar surface area (TPSA) is 36.1 Å². The zero-order valence-corrected chi connectivity index (χ0v) is 13.0. The molecule has 21 heavy (non-hydrogen) atoms. The van der Waals surface area contributed by atoms with Gasteiger partial charge in [0.15, 0.2) is 0 Å². The van der Waals surface area contributed by atoms with E-state index in [0.717, 1.165) is 37.8 Å². The second-order valence-electron chi connectivity index (χ2n) is 6.09. The molecule has 1 aliphatic carbocycles. The first kappa shape index (κ1) is 14.3. The molecule has 3 rings (SSSR count). The summed E-state index contributed by atoms with van der Waals surface area (Å²) >= 11 is 0. The second-order valence-corrected chi connectivity index (χ2v) is 6.09. The SMILES string of the molecule is CCCN(CCC)C1Cc2c[nH]c3ccc(C=O)c(c23)C1. The summed E-state index contributed by atoms with van der Waals surface area (Å²) in [5.74, 6) is 0. The van der Waals surface area contributed by atoms with Crippen LogP contribution in [-0.4, -0.2) is 35.3 Å². The van der Waals surface area contributed by atoms with Crippen molar-refractivity contribution in [2.45, 2.75) is 45.6 Å². The Morgan fingerprint density at radius 2 is 2.00 bits per heavy atom. The molecule has 112 valence electrons. The predicted molar refractivity (Wildman–Crippen MR) is 87.0 cm³/mol. The van der Waals surface area contributed by atoms with E-state index in [0.29, 0.717) is 6.04 Å². The summed E-state index contributed by atoms with van der Waals surface area (Å²) in [6, 6.07) is 4.51. The molecule has 1 aliphatic rings. The minimum atomic E-state index is 0.525. The number of nitrogens with one attached hydrogen (secondary N) is 1. The van der Waals surface area contributed by atoms with Crippen molar-refractivity contribution in [3.63, 3.8) is 0 Å². The second kappa shape index (κ2) is 6.02. The maximum atomic E-state index is 11.4. The van der Waals surface area contributed by atoms with Crippen molar-refractivity contribution in [2.75, 3.05) is 13.1 Å².